The summed E-state index contributed by atoms with van der Waals surface area (Å²) in [4.78, 5) is 26.6. The zero-order valence-corrected chi connectivity index (χ0v) is 13.3. The molecule has 0 atom stereocenters. The van der Waals surface area contributed by atoms with Gasteiger partial charge in [-0.25, -0.2) is 4.98 Å². The van der Waals surface area contributed by atoms with Crippen molar-refractivity contribution >= 4 is 45.0 Å². The second kappa shape index (κ2) is 6.35. The number of rotatable bonds is 5. The van der Waals surface area contributed by atoms with E-state index in [1.165, 1.54) is 35.2 Å². The van der Waals surface area contributed by atoms with Gasteiger partial charge in [0.15, 0.2) is 4.34 Å². The summed E-state index contributed by atoms with van der Waals surface area (Å²) in [5.41, 5.74) is 1.44. The number of aliphatic carboxylic acids is 1. The molecule has 1 heterocycles. The van der Waals surface area contributed by atoms with Gasteiger partial charge in [0.2, 0.25) is 0 Å². The number of nitro benzene ring substituents is 1. The summed E-state index contributed by atoms with van der Waals surface area (Å²) in [7, 11) is 0. The molecular weight excluding hydrogens is 336 g/mol. The van der Waals surface area contributed by atoms with Crippen molar-refractivity contribution in [2.75, 3.05) is 0 Å². The molecule has 0 spiro atoms. The van der Waals surface area contributed by atoms with Gasteiger partial charge in [0.05, 0.1) is 21.6 Å². The molecule has 0 aliphatic rings. The first-order valence-corrected chi connectivity index (χ1v) is 8.19. The molecule has 23 heavy (non-hydrogen) atoms. The molecule has 0 saturated heterocycles. The molecule has 0 radical (unpaired) electrons. The van der Waals surface area contributed by atoms with Gasteiger partial charge < -0.3 is 5.11 Å². The first-order chi connectivity index (χ1) is 11.0. The van der Waals surface area contributed by atoms with Crippen LogP contribution in [0.15, 0.2) is 51.7 Å². The highest BCUT2D eigenvalue weighted by Crippen LogP contribution is 2.37. The monoisotopic (exact) mass is 346 g/mol. The molecule has 0 unspecified atom stereocenters. The number of carboxylic acids is 1. The zero-order chi connectivity index (χ0) is 16.4. The van der Waals surface area contributed by atoms with Crippen LogP contribution in [0.1, 0.15) is 5.56 Å². The van der Waals surface area contributed by atoms with Gasteiger partial charge in [-0.1, -0.05) is 30.0 Å². The summed E-state index contributed by atoms with van der Waals surface area (Å²) in [5.74, 6) is -0.891. The molecule has 1 aromatic heterocycles. The van der Waals surface area contributed by atoms with E-state index in [-0.39, 0.29) is 12.1 Å². The number of nitro groups is 1. The second-order valence-electron chi connectivity index (χ2n) is 4.67. The summed E-state index contributed by atoms with van der Waals surface area (Å²) < 4.78 is 1.45. The molecular formula is C15H10N2O4S2. The van der Waals surface area contributed by atoms with Gasteiger partial charge in [0, 0.05) is 17.0 Å². The number of hydrogen-bond donors (Lipinski definition) is 1. The Bertz CT molecular complexity index is 907. The summed E-state index contributed by atoms with van der Waals surface area (Å²) >= 11 is 2.72. The molecule has 0 aliphatic heterocycles. The van der Waals surface area contributed by atoms with Crippen LogP contribution in [-0.4, -0.2) is 21.0 Å². The van der Waals surface area contributed by atoms with Crippen molar-refractivity contribution in [1.82, 2.24) is 4.98 Å². The van der Waals surface area contributed by atoms with E-state index in [0.29, 0.717) is 5.52 Å². The van der Waals surface area contributed by atoms with E-state index in [4.69, 9.17) is 5.11 Å². The van der Waals surface area contributed by atoms with Gasteiger partial charge >= 0.3 is 5.97 Å². The summed E-state index contributed by atoms with van der Waals surface area (Å²) in [6.07, 6.45) is -0.0560. The smallest absolute Gasteiger partial charge is 0.307 e. The predicted octanol–water partition coefficient (Wildman–Crippen LogP) is 3.98. The molecule has 6 nitrogen and oxygen atoms in total. The van der Waals surface area contributed by atoms with E-state index < -0.39 is 10.9 Å². The van der Waals surface area contributed by atoms with Gasteiger partial charge in [-0.2, -0.15) is 0 Å². The van der Waals surface area contributed by atoms with Crippen molar-refractivity contribution in [3.05, 3.63) is 58.1 Å². The number of hydrogen-bond acceptors (Lipinski definition) is 6. The van der Waals surface area contributed by atoms with E-state index in [2.05, 4.69) is 4.98 Å². The van der Waals surface area contributed by atoms with Gasteiger partial charge in [-0.3, -0.25) is 14.9 Å². The Labute approximate surface area is 138 Å². The van der Waals surface area contributed by atoms with Gasteiger partial charge in [0.1, 0.15) is 0 Å². The molecule has 0 amide bonds. The third-order valence-electron chi connectivity index (χ3n) is 3.07. The van der Waals surface area contributed by atoms with E-state index >= 15 is 0 Å². The topological polar surface area (TPSA) is 93.3 Å². The third-order valence-corrected chi connectivity index (χ3v) is 5.27. The van der Waals surface area contributed by atoms with Crippen molar-refractivity contribution in [3.63, 3.8) is 0 Å². The summed E-state index contributed by atoms with van der Waals surface area (Å²) in [6, 6.07) is 11.8. The van der Waals surface area contributed by atoms with Crippen LogP contribution >= 0.6 is 23.1 Å². The van der Waals surface area contributed by atoms with Gasteiger partial charge in [0.25, 0.3) is 5.69 Å². The van der Waals surface area contributed by atoms with Crippen LogP contribution in [-0.2, 0) is 11.2 Å². The summed E-state index contributed by atoms with van der Waals surface area (Å²) in [5, 5.41) is 19.8. The maximum absolute atomic E-state index is 10.9. The van der Waals surface area contributed by atoms with E-state index in [1.54, 1.807) is 18.2 Å². The van der Waals surface area contributed by atoms with Crippen LogP contribution in [0.3, 0.4) is 0 Å². The number of aromatic nitrogens is 1. The molecule has 0 bridgehead atoms. The molecule has 0 fully saturated rings. The number of carbonyl (C=O) groups is 1. The molecule has 0 aliphatic carbocycles. The SMILES string of the molecule is O=C(O)Cc1ccccc1Sc1nc2ccc([N+](=O)[O-])cc2s1. The standard InChI is InChI=1S/C15H10N2O4S2/c18-14(19)7-9-3-1-2-4-12(9)22-15-16-11-6-5-10(17(20)21)8-13(11)23-15/h1-6,8H,7H2,(H,18,19). The number of thiazole rings is 1. The fourth-order valence-corrected chi connectivity index (χ4v) is 4.24. The highest BCUT2D eigenvalue weighted by Gasteiger charge is 2.13. The molecule has 2 aromatic carbocycles. The Hall–Kier alpha value is -2.45. The zero-order valence-electron chi connectivity index (χ0n) is 11.6. The van der Waals surface area contributed by atoms with Crippen molar-refractivity contribution in [2.24, 2.45) is 0 Å². The minimum atomic E-state index is -0.891. The Balaban J connectivity index is 1.93. The predicted molar refractivity (Wildman–Crippen MR) is 88.2 cm³/mol. The fraction of sp³-hybridized carbons (Fsp3) is 0.0667. The van der Waals surface area contributed by atoms with E-state index in [9.17, 15) is 14.9 Å². The van der Waals surface area contributed by atoms with Crippen LogP contribution in [0.4, 0.5) is 5.69 Å². The maximum atomic E-state index is 10.9. The molecule has 8 heteroatoms. The highest BCUT2D eigenvalue weighted by molar-refractivity contribution is 8.01. The molecule has 1 N–H and O–H groups in total. The average Bonchev–Trinajstić information content (AvgIpc) is 2.90. The number of nitrogens with zero attached hydrogens (tertiary/aromatic N) is 2. The normalized spacial score (nSPS) is 10.8. The molecule has 116 valence electrons. The first-order valence-electron chi connectivity index (χ1n) is 6.55. The third kappa shape index (κ3) is 3.49. The Morgan fingerprint density at radius 3 is 2.83 bits per heavy atom. The lowest BCUT2D eigenvalue weighted by Crippen LogP contribution is -2.01. The lowest BCUT2D eigenvalue weighted by Gasteiger charge is -2.04. The van der Waals surface area contributed by atoms with Crippen LogP contribution in [0.2, 0.25) is 0 Å². The quantitative estimate of drug-likeness (QED) is 0.555. The van der Waals surface area contributed by atoms with Crippen LogP contribution in [0.5, 0.6) is 0 Å². The van der Waals surface area contributed by atoms with E-state index in [0.717, 1.165) is 19.5 Å². The Morgan fingerprint density at radius 1 is 1.30 bits per heavy atom. The largest absolute Gasteiger partial charge is 0.481 e. The van der Waals surface area contributed by atoms with E-state index in [1.807, 2.05) is 12.1 Å². The molecule has 3 rings (SSSR count). The lowest BCUT2D eigenvalue weighted by atomic mass is 10.1. The second-order valence-corrected chi connectivity index (χ2v) is 6.99. The van der Waals surface area contributed by atoms with Crippen molar-refractivity contribution in [1.29, 1.82) is 0 Å². The van der Waals surface area contributed by atoms with Crippen LogP contribution in [0, 0.1) is 10.1 Å². The average molecular weight is 346 g/mol. The lowest BCUT2D eigenvalue weighted by molar-refractivity contribution is -0.384. The number of non-ortho nitro benzene ring substituents is 1. The molecule has 0 saturated carbocycles. The van der Waals surface area contributed by atoms with Gasteiger partial charge in [-0.05, 0) is 17.7 Å². The fourth-order valence-electron chi connectivity index (χ4n) is 2.06. The van der Waals surface area contributed by atoms with Crippen LogP contribution < -0.4 is 0 Å². The van der Waals surface area contributed by atoms with Crippen molar-refractivity contribution in [2.45, 2.75) is 15.7 Å². The number of benzene rings is 2. The maximum Gasteiger partial charge on any atom is 0.307 e. The minimum Gasteiger partial charge on any atom is -0.481 e. The summed E-state index contributed by atoms with van der Waals surface area (Å²) in [6.45, 7) is 0. The highest BCUT2D eigenvalue weighted by atomic mass is 32.2. The van der Waals surface area contributed by atoms with Crippen molar-refractivity contribution in [3.8, 4) is 0 Å². The molecule has 3 aromatic rings. The van der Waals surface area contributed by atoms with Crippen molar-refractivity contribution < 1.29 is 14.8 Å². The number of carboxylic acid groups (broad SMARTS) is 1. The van der Waals surface area contributed by atoms with Gasteiger partial charge in [-0.15, -0.1) is 11.3 Å². The van der Waals surface area contributed by atoms with Crippen LogP contribution in [0.25, 0.3) is 10.2 Å². The Morgan fingerprint density at radius 2 is 2.09 bits per heavy atom. The Kier molecular flexibility index (Phi) is 4.26. The number of fused-ring (bicyclic) bond motifs is 1. The first kappa shape index (κ1) is 15.4. The minimum absolute atomic E-state index is 0.0315.